The predicted octanol–water partition coefficient (Wildman–Crippen LogP) is 2.92. The van der Waals surface area contributed by atoms with Crippen molar-refractivity contribution in [2.45, 2.75) is 11.3 Å². The molecule has 1 aliphatic rings. The molecule has 0 bridgehead atoms. The van der Waals surface area contributed by atoms with Crippen molar-refractivity contribution in [1.29, 1.82) is 0 Å². The van der Waals surface area contributed by atoms with Crippen LogP contribution in [0, 0.1) is 0 Å². The summed E-state index contributed by atoms with van der Waals surface area (Å²) in [7, 11) is -0.405. The van der Waals surface area contributed by atoms with E-state index in [1.54, 1.807) is 56.8 Å². The average molecular weight is 345 g/mol. The predicted molar refractivity (Wildman–Crippen MR) is 92.6 cm³/mol. The molecule has 0 saturated carbocycles. The topological polar surface area (TPSA) is 55.8 Å². The third-order valence-corrected chi connectivity index (χ3v) is 5.82. The highest BCUT2D eigenvalue weighted by Crippen LogP contribution is 2.36. The summed E-state index contributed by atoms with van der Waals surface area (Å²) >= 11 is 0. The Morgan fingerprint density at radius 1 is 1.00 bits per heavy atom. The molecule has 2 aromatic rings. The first kappa shape index (κ1) is 16.4. The molecule has 0 amide bonds. The lowest BCUT2D eigenvalue weighted by atomic mass is 10.0. The van der Waals surface area contributed by atoms with Crippen LogP contribution in [0.15, 0.2) is 53.6 Å². The van der Waals surface area contributed by atoms with Gasteiger partial charge in [-0.25, -0.2) is 8.42 Å². The summed E-state index contributed by atoms with van der Waals surface area (Å²) in [5.41, 5.74) is 1.87. The Labute approximate surface area is 142 Å². The van der Waals surface area contributed by atoms with Crippen molar-refractivity contribution >= 4 is 16.1 Å². The molecule has 0 spiro atoms. The first-order valence-corrected chi connectivity index (χ1v) is 9.01. The quantitative estimate of drug-likeness (QED) is 0.855. The fourth-order valence-corrected chi connectivity index (χ4v) is 4.11. The van der Waals surface area contributed by atoms with Crippen molar-refractivity contribution in [3.8, 4) is 11.5 Å². The van der Waals surface area contributed by atoms with E-state index < -0.39 is 10.0 Å². The second-order valence-corrected chi connectivity index (χ2v) is 7.26. The first-order valence-electron chi connectivity index (χ1n) is 7.57. The van der Waals surface area contributed by atoms with Gasteiger partial charge in [0.1, 0.15) is 0 Å². The molecule has 0 fully saturated rings. The Balaban J connectivity index is 2.00. The Morgan fingerprint density at radius 3 is 2.42 bits per heavy atom. The number of hydrogen-bond donors (Lipinski definition) is 0. The monoisotopic (exact) mass is 345 g/mol. The van der Waals surface area contributed by atoms with Crippen LogP contribution >= 0.6 is 0 Å². The van der Waals surface area contributed by atoms with Gasteiger partial charge >= 0.3 is 0 Å². The Bertz CT molecular complexity index is 860. The second-order valence-electron chi connectivity index (χ2n) is 5.37. The second kappa shape index (κ2) is 6.57. The van der Waals surface area contributed by atoms with Crippen molar-refractivity contribution in [2.24, 2.45) is 0 Å². The van der Waals surface area contributed by atoms with Crippen LogP contribution in [0.1, 0.15) is 11.1 Å². The van der Waals surface area contributed by atoms with Crippen LogP contribution in [0.3, 0.4) is 0 Å². The maximum Gasteiger partial charge on any atom is 0.263 e. The third-order valence-electron chi connectivity index (χ3n) is 4.03. The fraction of sp³-hybridized carbons (Fsp3) is 0.222. The molecular weight excluding hydrogens is 326 g/mol. The molecule has 0 aliphatic carbocycles. The van der Waals surface area contributed by atoms with Crippen molar-refractivity contribution < 1.29 is 17.9 Å². The van der Waals surface area contributed by atoms with Gasteiger partial charge in [-0.2, -0.15) is 0 Å². The van der Waals surface area contributed by atoms with E-state index in [1.165, 1.54) is 4.31 Å². The van der Waals surface area contributed by atoms with Gasteiger partial charge in [0.05, 0.1) is 19.1 Å². The minimum atomic E-state index is -3.56. The van der Waals surface area contributed by atoms with Gasteiger partial charge in [0.25, 0.3) is 10.0 Å². The molecule has 2 aromatic carbocycles. The lowest BCUT2D eigenvalue weighted by Gasteiger charge is -2.19. The highest BCUT2D eigenvalue weighted by atomic mass is 32.2. The zero-order valence-corrected chi connectivity index (χ0v) is 14.4. The summed E-state index contributed by atoms with van der Waals surface area (Å²) in [5.74, 6) is 1.24. The minimum absolute atomic E-state index is 0.283. The van der Waals surface area contributed by atoms with Crippen LogP contribution in [0.2, 0.25) is 0 Å². The largest absolute Gasteiger partial charge is 0.493 e. The Morgan fingerprint density at radius 2 is 1.75 bits per heavy atom. The normalized spacial score (nSPS) is 14.0. The lowest BCUT2D eigenvalue weighted by Crippen LogP contribution is -2.27. The molecule has 1 heterocycles. The van der Waals surface area contributed by atoms with E-state index in [-0.39, 0.29) is 4.90 Å². The van der Waals surface area contributed by atoms with Crippen molar-refractivity contribution in [2.75, 3.05) is 20.8 Å². The van der Waals surface area contributed by atoms with Crippen LogP contribution in [-0.4, -0.2) is 33.5 Å². The van der Waals surface area contributed by atoms with Crippen molar-refractivity contribution in [3.05, 3.63) is 59.8 Å². The maximum absolute atomic E-state index is 12.8. The van der Waals surface area contributed by atoms with Crippen LogP contribution in [-0.2, 0) is 16.4 Å². The summed E-state index contributed by atoms with van der Waals surface area (Å²) in [4.78, 5) is 0.283. The lowest BCUT2D eigenvalue weighted by molar-refractivity contribution is 0.354. The Kier molecular flexibility index (Phi) is 4.49. The van der Waals surface area contributed by atoms with Gasteiger partial charge in [-0.05, 0) is 36.3 Å². The number of hydrogen-bond acceptors (Lipinski definition) is 4. The zero-order valence-electron chi connectivity index (χ0n) is 13.6. The summed E-state index contributed by atoms with van der Waals surface area (Å²) in [6.07, 6.45) is 3.95. The van der Waals surface area contributed by atoms with Gasteiger partial charge in [0, 0.05) is 18.3 Å². The van der Waals surface area contributed by atoms with E-state index in [1.807, 2.05) is 12.1 Å². The smallest absolute Gasteiger partial charge is 0.263 e. The van der Waals surface area contributed by atoms with Crippen molar-refractivity contribution in [3.63, 3.8) is 0 Å². The average Bonchev–Trinajstić information content (AvgIpc) is 2.84. The maximum atomic E-state index is 12.8. The van der Waals surface area contributed by atoms with Gasteiger partial charge in [-0.1, -0.05) is 24.3 Å². The standard InChI is InChI=1S/C18H19NO4S/c1-22-17-9-8-14-10-12-19(13-11-16(14)18(17)23-2)24(20,21)15-6-4-3-5-7-15/h3-9,11,13H,10,12H2,1-2H3. The molecule has 6 heteroatoms. The summed E-state index contributed by atoms with van der Waals surface area (Å²) in [6, 6.07) is 12.2. The number of fused-ring (bicyclic) bond motifs is 1. The molecule has 0 aromatic heterocycles. The van der Waals surface area contributed by atoms with E-state index in [2.05, 4.69) is 0 Å². The molecule has 24 heavy (non-hydrogen) atoms. The number of rotatable bonds is 4. The van der Waals surface area contributed by atoms with Crippen LogP contribution < -0.4 is 9.47 Å². The van der Waals surface area contributed by atoms with E-state index in [4.69, 9.17) is 9.47 Å². The van der Waals surface area contributed by atoms with Gasteiger partial charge < -0.3 is 9.47 Å². The highest BCUT2D eigenvalue weighted by Gasteiger charge is 2.24. The molecule has 5 nitrogen and oxygen atoms in total. The molecule has 126 valence electrons. The molecule has 0 radical (unpaired) electrons. The van der Waals surface area contributed by atoms with Crippen molar-refractivity contribution in [1.82, 2.24) is 4.31 Å². The number of sulfonamides is 1. The van der Waals surface area contributed by atoms with E-state index in [0.29, 0.717) is 24.5 Å². The summed E-state index contributed by atoms with van der Waals surface area (Å²) in [5, 5.41) is 0. The summed E-state index contributed by atoms with van der Waals surface area (Å²) < 4.78 is 37.7. The fourth-order valence-electron chi connectivity index (χ4n) is 2.78. The third kappa shape index (κ3) is 2.85. The zero-order chi connectivity index (χ0) is 17.2. The number of benzene rings is 2. The Hall–Kier alpha value is -2.47. The molecule has 3 rings (SSSR count). The van der Waals surface area contributed by atoms with Gasteiger partial charge in [-0.15, -0.1) is 0 Å². The van der Waals surface area contributed by atoms with Crippen LogP contribution in [0.25, 0.3) is 6.08 Å². The van der Waals surface area contributed by atoms with E-state index in [9.17, 15) is 8.42 Å². The SMILES string of the molecule is COc1ccc2c(c1OC)C=CN(S(=O)(=O)c1ccccc1)CC2. The van der Waals surface area contributed by atoms with Gasteiger partial charge in [0.2, 0.25) is 0 Å². The number of methoxy groups -OCH3 is 2. The summed E-state index contributed by atoms with van der Waals surface area (Å²) in [6.45, 7) is 0.371. The van der Waals surface area contributed by atoms with E-state index >= 15 is 0 Å². The molecule has 0 N–H and O–H groups in total. The first-order chi connectivity index (χ1) is 11.6. The molecule has 0 saturated heterocycles. The minimum Gasteiger partial charge on any atom is -0.493 e. The van der Waals surface area contributed by atoms with Crippen LogP contribution in [0.5, 0.6) is 11.5 Å². The van der Waals surface area contributed by atoms with Gasteiger partial charge in [-0.3, -0.25) is 4.31 Å². The van der Waals surface area contributed by atoms with Crippen LogP contribution in [0.4, 0.5) is 0 Å². The molecular formula is C18H19NO4S. The van der Waals surface area contributed by atoms with E-state index in [0.717, 1.165) is 11.1 Å². The number of nitrogens with zero attached hydrogens (tertiary/aromatic N) is 1. The molecule has 0 unspecified atom stereocenters. The number of ether oxygens (including phenoxy) is 2. The highest BCUT2D eigenvalue weighted by molar-refractivity contribution is 7.89. The molecule has 1 aliphatic heterocycles. The molecule has 0 atom stereocenters. The van der Waals surface area contributed by atoms with Gasteiger partial charge in [0.15, 0.2) is 11.5 Å².